The first kappa shape index (κ1) is 25.5. The monoisotopic (exact) mass is 527 g/mol. The minimum atomic E-state index is -4.45. The molecule has 1 aromatic heterocycles. The van der Waals surface area contributed by atoms with Crippen LogP contribution in [0.3, 0.4) is 0 Å². The van der Waals surface area contributed by atoms with E-state index in [1.165, 1.54) is 12.3 Å². The molecule has 0 saturated carbocycles. The Hall–Kier alpha value is -2.59. The lowest BCUT2D eigenvalue weighted by Crippen LogP contribution is -2.40. The van der Waals surface area contributed by atoms with Crippen molar-refractivity contribution in [3.05, 3.63) is 87.0 Å². The molecule has 1 amide bonds. The van der Waals surface area contributed by atoms with Gasteiger partial charge in [0, 0.05) is 26.2 Å². The highest BCUT2D eigenvalue weighted by atomic mass is 35.5. The fourth-order valence-electron chi connectivity index (χ4n) is 3.78. The molecule has 1 aliphatic heterocycles. The average Bonchev–Trinajstić information content (AvgIpc) is 3.30. The van der Waals surface area contributed by atoms with E-state index in [2.05, 4.69) is 4.98 Å². The molecule has 1 aliphatic rings. The van der Waals surface area contributed by atoms with Gasteiger partial charge in [0.1, 0.15) is 6.26 Å². The number of carbonyl (C=O) groups excluding carboxylic acids is 1. The van der Waals surface area contributed by atoms with E-state index in [1.807, 2.05) is 4.90 Å². The second kappa shape index (κ2) is 11.0. The van der Waals surface area contributed by atoms with Crippen LogP contribution in [0.1, 0.15) is 33.1 Å². The number of aromatic nitrogens is 1. The van der Waals surface area contributed by atoms with E-state index in [4.69, 9.17) is 32.4 Å². The van der Waals surface area contributed by atoms with Gasteiger partial charge in [-0.1, -0.05) is 53.5 Å². The number of morpholine rings is 1. The lowest BCUT2D eigenvalue weighted by Gasteiger charge is -2.25. The van der Waals surface area contributed by atoms with Gasteiger partial charge in [0.2, 0.25) is 5.89 Å². The van der Waals surface area contributed by atoms with Gasteiger partial charge in [-0.25, -0.2) is 4.98 Å². The van der Waals surface area contributed by atoms with E-state index >= 15 is 0 Å². The molecule has 6 nitrogen and oxygen atoms in total. The van der Waals surface area contributed by atoms with Crippen LogP contribution in [0.25, 0.3) is 0 Å². The van der Waals surface area contributed by atoms with E-state index in [0.29, 0.717) is 47.5 Å². The van der Waals surface area contributed by atoms with Gasteiger partial charge < -0.3 is 14.1 Å². The zero-order valence-corrected chi connectivity index (χ0v) is 20.0. The van der Waals surface area contributed by atoms with Crippen molar-refractivity contribution in [2.75, 3.05) is 26.3 Å². The Morgan fingerprint density at radius 3 is 2.54 bits per heavy atom. The number of alkyl halides is 3. The van der Waals surface area contributed by atoms with Crippen LogP contribution in [0.5, 0.6) is 0 Å². The predicted molar refractivity (Wildman–Crippen MR) is 124 cm³/mol. The van der Waals surface area contributed by atoms with E-state index in [1.54, 1.807) is 29.2 Å². The second-order valence-electron chi connectivity index (χ2n) is 8.09. The summed E-state index contributed by atoms with van der Waals surface area (Å²) >= 11 is 12.5. The van der Waals surface area contributed by atoms with Crippen LogP contribution in [0.4, 0.5) is 13.2 Å². The Morgan fingerprint density at radius 2 is 1.80 bits per heavy atom. The number of hydrogen-bond donors (Lipinski definition) is 0. The predicted octanol–water partition coefficient (Wildman–Crippen LogP) is 5.68. The van der Waals surface area contributed by atoms with Gasteiger partial charge in [0.25, 0.3) is 5.91 Å². The van der Waals surface area contributed by atoms with Crippen molar-refractivity contribution in [3.63, 3.8) is 0 Å². The average molecular weight is 528 g/mol. The summed E-state index contributed by atoms with van der Waals surface area (Å²) in [6, 6.07) is 10.3. The van der Waals surface area contributed by atoms with Crippen LogP contribution in [0.2, 0.25) is 10.0 Å². The molecular weight excluding hydrogens is 506 g/mol. The lowest BCUT2D eigenvalue weighted by atomic mass is 10.1. The molecule has 11 heteroatoms. The van der Waals surface area contributed by atoms with Gasteiger partial charge in [-0.15, -0.1) is 0 Å². The molecule has 4 rings (SSSR count). The van der Waals surface area contributed by atoms with Crippen LogP contribution < -0.4 is 0 Å². The summed E-state index contributed by atoms with van der Waals surface area (Å²) in [5, 5.41) is 0.733. The smallest absolute Gasteiger partial charge is 0.416 e. The molecule has 0 aliphatic carbocycles. The molecule has 186 valence electrons. The first-order chi connectivity index (χ1) is 16.7. The third kappa shape index (κ3) is 6.55. The molecular formula is C24H22Cl2F3N3O3. The number of oxazole rings is 1. The standard InChI is InChI=1S/C24H22Cl2F3N3O3/c25-19-6-2-4-17(22(19)26)13-31(12-16-3-1-5-18(11-16)24(27,28)29)14-21-30-20(15-35-21)23(33)32-7-9-34-10-8-32/h1-6,11,15H,7-10,12-14H2. The number of carbonyl (C=O) groups is 1. The minimum absolute atomic E-state index is 0.134. The minimum Gasteiger partial charge on any atom is -0.447 e. The molecule has 0 atom stereocenters. The van der Waals surface area contributed by atoms with Gasteiger partial charge in [0.05, 0.1) is 35.4 Å². The number of amides is 1. The highest BCUT2D eigenvalue weighted by molar-refractivity contribution is 6.42. The lowest BCUT2D eigenvalue weighted by molar-refractivity contribution is -0.137. The number of hydrogen-bond acceptors (Lipinski definition) is 5. The highest BCUT2D eigenvalue weighted by Crippen LogP contribution is 2.31. The van der Waals surface area contributed by atoms with Crippen molar-refractivity contribution >= 4 is 29.1 Å². The van der Waals surface area contributed by atoms with E-state index in [0.717, 1.165) is 12.1 Å². The molecule has 0 bridgehead atoms. The van der Waals surface area contributed by atoms with Gasteiger partial charge >= 0.3 is 6.18 Å². The van der Waals surface area contributed by atoms with Crippen molar-refractivity contribution in [2.45, 2.75) is 25.8 Å². The van der Waals surface area contributed by atoms with E-state index in [-0.39, 0.29) is 37.1 Å². The molecule has 0 spiro atoms. The number of ether oxygens (including phenoxy) is 1. The summed E-state index contributed by atoms with van der Waals surface area (Å²) in [6.45, 7) is 2.41. The molecule has 2 heterocycles. The number of benzene rings is 2. The second-order valence-corrected chi connectivity index (χ2v) is 8.87. The number of halogens is 5. The van der Waals surface area contributed by atoms with Crippen LogP contribution in [0, 0.1) is 0 Å². The summed E-state index contributed by atoms with van der Waals surface area (Å²) in [5.41, 5.74) is 0.587. The molecule has 0 N–H and O–H groups in total. The van der Waals surface area contributed by atoms with Crippen molar-refractivity contribution in [1.29, 1.82) is 0 Å². The van der Waals surface area contributed by atoms with Crippen molar-refractivity contribution < 1.29 is 27.1 Å². The molecule has 35 heavy (non-hydrogen) atoms. The Morgan fingerprint density at radius 1 is 1.06 bits per heavy atom. The molecule has 0 radical (unpaired) electrons. The number of rotatable bonds is 7. The molecule has 0 unspecified atom stereocenters. The largest absolute Gasteiger partial charge is 0.447 e. The maximum atomic E-state index is 13.2. The number of nitrogens with zero attached hydrogens (tertiary/aromatic N) is 3. The van der Waals surface area contributed by atoms with Gasteiger partial charge in [0.15, 0.2) is 5.69 Å². The maximum Gasteiger partial charge on any atom is 0.416 e. The van der Waals surface area contributed by atoms with E-state index in [9.17, 15) is 18.0 Å². The first-order valence-electron chi connectivity index (χ1n) is 10.8. The summed E-state index contributed by atoms with van der Waals surface area (Å²) in [6.07, 6.45) is -3.16. The zero-order valence-electron chi connectivity index (χ0n) is 18.5. The Kier molecular flexibility index (Phi) is 8.01. The highest BCUT2D eigenvalue weighted by Gasteiger charge is 2.30. The topological polar surface area (TPSA) is 58.8 Å². The van der Waals surface area contributed by atoms with Gasteiger partial charge in [-0.3, -0.25) is 9.69 Å². The van der Waals surface area contributed by atoms with Crippen LogP contribution in [0.15, 0.2) is 53.1 Å². The summed E-state index contributed by atoms with van der Waals surface area (Å²) in [4.78, 5) is 20.5. The zero-order chi connectivity index (χ0) is 25.0. The fourth-order valence-corrected chi connectivity index (χ4v) is 4.16. The third-order valence-electron chi connectivity index (χ3n) is 5.51. The molecule has 2 aromatic carbocycles. The normalized spacial score (nSPS) is 14.5. The third-order valence-corrected chi connectivity index (χ3v) is 6.37. The Balaban J connectivity index is 1.55. The fraction of sp³-hybridized carbons (Fsp3) is 0.333. The van der Waals surface area contributed by atoms with E-state index < -0.39 is 11.7 Å². The first-order valence-corrected chi connectivity index (χ1v) is 11.6. The van der Waals surface area contributed by atoms with Gasteiger partial charge in [-0.2, -0.15) is 13.2 Å². The molecule has 1 saturated heterocycles. The van der Waals surface area contributed by atoms with Crippen LogP contribution >= 0.6 is 23.2 Å². The van der Waals surface area contributed by atoms with Crippen molar-refractivity contribution in [3.8, 4) is 0 Å². The maximum absolute atomic E-state index is 13.2. The van der Waals surface area contributed by atoms with Crippen molar-refractivity contribution in [1.82, 2.24) is 14.8 Å². The summed E-state index contributed by atoms with van der Waals surface area (Å²) in [7, 11) is 0. The summed E-state index contributed by atoms with van der Waals surface area (Å²) < 4.78 is 50.5. The quantitative estimate of drug-likeness (QED) is 0.396. The molecule has 1 fully saturated rings. The Labute approximate surface area is 210 Å². The van der Waals surface area contributed by atoms with Crippen molar-refractivity contribution in [2.24, 2.45) is 0 Å². The van der Waals surface area contributed by atoms with Gasteiger partial charge in [-0.05, 0) is 23.3 Å². The van der Waals surface area contributed by atoms with Crippen LogP contribution in [-0.2, 0) is 30.5 Å². The van der Waals surface area contributed by atoms with Crippen LogP contribution in [-0.4, -0.2) is 47.0 Å². The Bertz CT molecular complexity index is 1180. The molecule has 3 aromatic rings. The SMILES string of the molecule is O=C(c1coc(CN(Cc2cccc(C(F)(F)F)c2)Cc2cccc(Cl)c2Cl)n1)N1CCOCC1. The summed E-state index contributed by atoms with van der Waals surface area (Å²) in [5.74, 6) is -0.00245.